The number of halogens is 1. The molecule has 1 N–H and O–H groups in total. The maximum atomic E-state index is 13.9. The monoisotopic (exact) mass is 549 g/mol. The van der Waals surface area contributed by atoms with E-state index in [0.717, 1.165) is 76.2 Å². The number of ketones is 1. The minimum absolute atomic E-state index is 0.0739. The Morgan fingerprint density at radius 1 is 1.05 bits per heavy atom. The number of pyridine rings is 1. The fraction of sp³-hybridized carbons (Fsp3) is 0.273. The van der Waals surface area contributed by atoms with Crippen LogP contribution < -0.4 is 10.7 Å². The van der Waals surface area contributed by atoms with Crippen LogP contribution >= 0.6 is 0 Å². The number of carbonyl (C=O) groups excluding carboxylic acids is 1. The summed E-state index contributed by atoms with van der Waals surface area (Å²) in [5.41, 5.74) is 6.59. The predicted octanol–water partition coefficient (Wildman–Crippen LogP) is 6.40. The minimum atomic E-state index is -0.284. The van der Waals surface area contributed by atoms with Gasteiger partial charge < -0.3 is 14.6 Å². The molecule has 0 unspecified atom stereocenters. The van der Waals surface area contributed by atoms with E-state index in [1.165, 1.54) is 12.1 Å². The first-order valence-corrected chi connectivity index (χ1v) is 14.0. The van der Waals surface area contributed by atoms with Gasteiger partial charge in [-0.2, -0.15) is 0 Å². The number of ether oxygens (including phenoxy) is 1. The van der Waals surface area contributed by atoms with Crippen molar-refractivity contribution in [2.75, 3.05) is 12.4 Å². The first-order valence-electron chi connectivity index (χ1n) is 14.0. The zero-order valence-corrected chi connectivity index (χ0v) is 23.2. The summed E-state index contributed by atoms with van der Waals surface area (Å²) in [6.07, 6.45) is 6.18. The lowest BCUT2D eigenvalue weighted by molar-refractivity contribution is -0.116. The lowest BCUT2D eigenvalue weighted by Gasteiger charge is -2.25. The minimum Gasteiger partial charge on any atom is -0.381 e. The summed E-state index contributed by atoms with van der Waals surface area (Å²) in [6, 6.07) is 22.5. The fourth-order valence-electron chi connectivity index (χ4n) is 5.54. The molecule has 3 aliphatic rings. The molecular weight excluding hydrogens is 517 g/mol. The van der Waals surface area contributed by atoms with Crippen molar-refractivity contribution in [2.24, 2.45) is 4.99 Å². The molecule has 41 heavy (non-hydrogen) atoms. The Morgan fingerprint density at radius 2 is 1.83 bits per heavy atom. The van der Waals surface area contributed by atoms with Crippen LogP contribution in [0.2, 0.25) is 0 Å². The van der Waals surface area contributed by atoms with Gasteiger partial charge in [-0.3, -0.25) is 14.8 Å². The number of anilines is 2. The summed E-state index contributed by atoms with van der Waals surface area (Å²) in [6.45, 7) is 1.56. The average molecular weight is 550 g/mol. The molecule has 1 aliphatic heterocycles. The molecule has 208 valence electrons. The molecule has 0 saturated heterocycles. The zero-order valence-electron chi connectivity index (χ0n) is 23.2. The van der Waals surface area contributed by atoms with Gasteiger partial charge in [-0.15, -0.1) is 0 Å². The number of para-hydroxylation sites is 2. The highest BCUT2D eigenvalue weighted by Crippen LogP contribution is 2.31. The quantitative estimate of drug-likeness (QED) is 0.238. The molecule has 7 nitrogen and oxygen atoms in total. The maximum Gasteiger partial charge on any atom is 0.135 e. The van der Waals surface area contributed by atoms with Crippen LogP contribution in [0.4, 0.5) is 15.8 Å². The maximum absolute atomic E-state index is 13.9. The highest BCUT2D eigenvalue weighted by molar-refractivity contribution is 5.84. The molecular formula is C33H32FN5O2. The van der Waals surface area contributed by atoms with Crippen LogP contribution in [-0.4, -0.2) is 39.6 Å². The molecule has 3 aromatic rings. The third kappa shape index (κ3) is 5.88. The second-order valence-corrected chi connectivity index (χ2v) is 10.6. The van der Waals surface area contributed by atoms with E-state index in [1.54, 1.807) is 32.4 Å². The SMILES string of the molecule is COC1CCC(N=c2cc3n(-c4ccc(F)cc4)c4ccccc4nc-3cc2Nc2ccc(CC(C)=O)nc2)CC1. The smallest absolute Gasteiger partial charge is 0.135 e. The van der Waals surface area contributed by atoms with E-state index in [4.69, 9.17) is 14.7 Å². The van der Waals surface area contributed by atoms with E-state index in [0.29, 0.717) is 6.42 Å². The number of rotatable bonds is 7. The molecule has 1 aromatic heterocycles. The van der Waals surface area contributed by atoms with Gasteiger partial charge in [0.25, 0.3) is 0 Å². The van der Waals surface area contributed by atoms with E-state index < -0.39 is 0 Å². The van der Waals surface area contributed by atoms with Crippen molar-refractivity contribution in [1.82, 2.24) is 14.5 Å². The number of nitrogens with one attached hydrogen (secondary N) is 1. The summed E-state index contributed by atoms with van der Waals surface area (Å²) in [5, 5.41) is 4.32. The molecule has 1 saturated carbocycles. The van der Waals surface area contributed by atoms with Crippen molar-refractivity contribution in [3.05, 3.63) is 95.9 Å². The molecule has 2 aromatic carbocycles. The van der Waals surface area contributed by atoms with E-state index in [-0.39, 0.29) is 23.7 Å². The highest BCUT2D eigenvalue weighted by Gasteiger charge is 2.21. The summed E-state index contributed by atoms with van der Waals surface area (Å²) >= 11 is 0. The number of benzene rings is 3. The summed E-state index contributed by atoms with van der Waals surface area (Å²) in [7, 11) is 1.77. The normalized spacial score (nSPS) is 17.7. The number of hydrogen-bond donors (Lipinski definition) is 1. The number of hydrogen-bond acceptors (Lipinski definition) is 6. The van der Waals surface area contributed by atoms with E-state index in [2.05, 4.69) is 20.9 Å². The summed E-state index contributed by atoms with van der Waals surface area (Å²) in [5.74, 6) is -0.210. The lowest BCUT2D eigenvalue weighted by atomic mass is 9.93. The van der Waals surface area contributed by atoms with Crippen molar-refractivity contribution < 1.29 is 13.9 Å². The lowest BCUT2D eigenvalue weighted by Crippen LogP contribution is -2.25. The number of fused-ring (bicyclic) bond motifs is 2. The first-order chi connectivity index (χ1) is 20.0. The number of aromatic nitrogens is 3. The van der Waals surface area contributed by atoms with Gasteiger partial charge in [-0.25, -0.2) is 9.37 Å². The van der Waals surface area contributed by atoms with Crippen LogP contribution in [0.1, 0.15) is 38.3 Å². The van der Waals surface area contributed by atoms with Crippen molar-refractivity contribution in [1.29, 1.82) is 0 Å². The molecule has 1 fully saturated rings. The Balaban J connectivity index is 1.51. The molecule has 2 aliphatic carbocycles. The Hall–Kier alpha value is -4.43. The molecule has 0 atom stereocenters. The van der Waals surface area contributed by atoms with Gasteiger partial charge >= 0.3 is 0 Å². The van der Waals surface area contributed by atoms with Crippen LogP contribution in [-0.2, 0) is 16.0 Å². The molecule has 8 heteroatoms. The van der Waals surface area contributed by atoms with E-state index in [9.17, 15) is 9.18 Å². The van der Waals surface area contributed by atoms with Gasteiger partial charge in [-0.1, -0.05) is 12.1 Å². The predicted molar refractivity (Wildman–Crippen MR) is 158 cm³/mol. The van der Waals surface area contributed by atoms with Crippen molar-refractivity contribution in [3.8, 4) is 17.1 Å². The Morgan fingerprint density at radius 3 is 2.54 bits per heavy atom. The highest BCUT2D eigenvalue weighted by atomic mass is 19.1. The average Bonchev–Trinajstić information content (AvgIpc) is 2.98. The van der Waals surface area contributed by atoms with Crippen molar-refractivity contribution in [3.63, 3.8) is 0 Å². The summed E-state index contributed by atoms with van der Waals surface area (Å²) in [4.78, 5) is 26.2. The van der Waals surface area contributed by atoms with Crippen LogP contribution in [0.5, 0.6) is 0 Å². The first kappa shape index (κ1) is 26.8. The third-order valence-electron chi connectivity index (χ3n) is 7.61. The Kier molecular flexibility index (Phi) is 7.57. The number of methoxy groups -OCH3 is 1. The third-order valence-corrected chi connectivity index (χ3v) is 7.61. The largest absolute Gasteiger partial charge is 0.381 e. The number of nitrogens with zero attached hydrogens (tertiary/aromatic N) is 4. The topological polar surface area (TPSA) is 81.4 Å². The van der Waals surface area contributed by atoms with Gasteiger partial charge in [-0.05, 0) is 93.3 Å². The number of Topliss-reactive ketones (excluding diaryl/α,β-unsaturated/α-hetero) is 1. The molecule has 2 heterocycles. The Bertz CT molecular complexity index is 1720. The zero-order chi connectivity index (χ0) is 28.3. The second-order valence-electron chi connectivity index (χ2n) is 10.6. The van der Waals surface area contributed by atoms with Gasteiger partial charge in [0.2, 0.25) is 0 Å². The van der Waals surface area contributed by atoms with Crippen molar-refractivity contribution in [2.45, 2.75) is 51.2 Å². The molecule has 0 spiro atoms. The number of carbonyl (C=O) groups is 1. The van der Waals surface area contributed by atoms with E-state index >= 15 is 0 Å². The second kappa shape index (κ2) is 11.6. The molecule has 0 amide bonds. The standard InChI is InChI=1S/C33H32FN5O2/c1-21(40)17-24-9-10-25(20-35-24)37-29-18-31-33(19-30(29)36-23-11-15-27(41-2)16-12-23)39(26-13-7-22(34)8-14-26)32-6-4-3-5-28(32)38-31/h3-10,13-14,18-20,23,27,37H,11-12,15-17H2,1-2H3. The summed E-state index contributed by atoms with van der Waals surface area (Å²) < 4.78 is 21.6. The van der Waals surface area contributed by atoms with Gasteiger partial charge in [0.05, 0.1) is 57.5 Å². The van der Waals surface area contributed by atoms with Crippen LogP contribution in [0.15, 0.2) is 84.0 Å². The van der Waals surface area contributed by atoms with Crippen LogP contribution in [0, 0.1) is 5.82 Å². The van der Waals surface area contributed by atoms with Gasteiger partial charge in [0, 0.05) is 24.9 Å². The van der Waals surface area contributed by atoms with Crippen LogP contribution in [0.3, 0.4) is 0 Å². The molecule has 6 rings (SSSR count). The van der Waals surface area contributed by atoms with Gasteiger partial charge in [0.1, 0.15) is 11.6 Å². The fourth-order valence-corrected chi connectivity index (χ4v) is 5.54. The van der Waals surface area contributed by atoms with Gasteiger partial charge in [0.15, 0.2) is 0 Å². The molecule has 0 radical (unpaired) electrons. The molecule has 0 bridgehead atoms. The van der Waals surface area contributed by atoms with E-state index in [1.807, 2.05) is 42.5 Å². The Labute approximate surface area is 238 Å². The van der Waals surface area contributed by atoms with Crippen LogP contribution in [0.25, 0.3) is 28.1 Å². The van der Waals surface area contributed by atoms with Crippen molar-refractivity contribution >= 4 is 28.2 Å².